The van der Waals surface area contributed by atoms with Gasteiger partial charge in [-0.25, -0.2) is 8.42 Å². The van der Waals surface area contributed by atoms with Crippen molar-refractivity contribution in [2.24, 2.45) is 0 Å². The number of sulfonamides is 1. The lowest BCUT2D eigenvalue weighted by molar-refractivity contribution is -0.384. The molecule has 0 bridgehead atoms. The zero-order chi connectivity index (χ0) is 15.6. The molecule has 0 atom stereocenters. The minimum atomic E-state index is -4.05. The van der Waals surface area contributed by atoms with E-state index in [4.69, 9.17) is 23.2 Å². The van der Waals surface area contributed by atoms with Crippen LogP contribution in [0.1, 0.15) is 0 Å². The molecule has 0 aliphatic heterocycles. The van der Waals surface area contributed by atoms with Crippen molar-refractivity contribution in [3.8, 4) is 0 Å². The minimum Gasteiger partial charge on any atom is -0.279 e. The third-order valence-corrected chi connectivity index (χ3v) is 4.83. The Labute approximate surface area is 130 Å². The van der Waals surface area contributed by atoms with Crippen LogP contribution >= 0.6 is 23.2 Å². The molecule has 2 aromatic rings. The summed E-state index contributed by atoms with van der Waals surface area (Å²) in [6, 6.07) is 9.38. The smallest absolute Gasteiger partial charge is 0.271 e. The Kier molecular flexibility index (Phi) is 4.36. The van der Waals surface area contributed by atoms with Crippen molar-refractivity contribution in [2.45, 2.75) is 4.90 Å². The van der Waals surface area contributed by atoms with Crippen molar-refractivity contribution in [2.75, 3.05) is 4.72 Å². The maximum Gasteiger partial charge on any atom is 0.271 e. The summed E-state index contributed by atoms with van der Waals surface area (Å²) in [7, 11) is -4.05. The van der Waals surface area contributed by atoms with Gasteiger partial charge in [-0.05, 0) is 18.2 Å². The molecule has 2 aromatic carbocycles. The normalized spacial score (nSPS) is 11.1. The molecular weight excluding hydrogens is 339 g/mol. The lowest BCUT2D eigenvalue weighted by Gasteiger charge is -2.10. The second-order valence-corrected chi connectivity index (χ2v) is 6.40. The first-order valence-electron chi connectivity index (χ1n) is 5.52. The second-order valence-electron chi connectivity index (χ2n) is 3.96. The molecule has 0 radical (unpaired) electrons. The van der Waals surface area contributed by atoms with E-state index in [0.717, 1.165) is 6.07 Å². The zero-order valence-electron chi connectivity index (χ0n) is 10.3. The number of hydrogen-bond acceptors (Lipinski definition) is 4. The number of rotatable bonds is 4. The Balaban J connectivity index is 2.43. The number of nitrogens with zero attached hydrogens (tertiary/aromatic N) is 1. The van der Waals surface area contributed by atoms with Crippen molar-refractivity contribution >= 4 is 44.6 Å². The average Bonchev–Trinajstić information content (AvgIpc) is 2.37. The van der Waals surface area contributed by atoms with Gasteiger partial charge in [0.25, 0.3) is 15.7 Å². The van der Waals surface area contributed by atoms with Crippen molar-refractivity contribution in [1.82, 2.24) is 0 Å². The molecule has 0 unspecified atom stereocenters. The van der Waals surface area contributed by atoms with Gasteiger partial charge < -0.3 is 0 Å². The summed E-state index contributed by atoms with van der Waals surface area (Å²) in [5.41, 5.74) is -0.194. The van der Waals surface area contributed by atoms with Gasteiger partial charge in [-0.15, -0.1) is 0 Å². The molecule has 0 saturated carbocycles. The topological polar surface area (TPSA) is 89.3 Å². The Morgan fingerprint density at radius 1 is 1.05 bits per heavy atom. The minimum absolute atomic E-state index is 0.0413. The van der Waals surface area contributed by atoms with Crippen molar-refractivity contribution in [1.29, 1.82) is 0 Å². The molecule has 110 valence electrons. The van der Waals surface area contributed by atoms with E-state index >= 15 is 0 Å². The molecule has 0 heterocycles. The fourth-order valence-corrected chi connectivity index (χ4v) is 3.82. The first-order valence-corrected chi connectivity index (χ1v) is 7.76. The zero-order valence-corrected chi connectivity index (χ0v) is 12.6. The third kappa shape index (κ3) is 3.44. The molecule has 1 N–H and O–H groups in total. The molecule has 21 heavy (non-hydrogen) atoms. The van der Waals surface area contributed by atoms with Crippen LogP contribution in [0.3, 0.4) is 0 Å². The fourth-order valence-electron chi connectivity index (χ4n) is 1.63. The molecule has 0 saturated heterocycles. The van der Waals surface area contributed by atoms with E-state index in [1.807, 2.05) is 0 Å². The molecule has 0 aliphatic carbocycles. The van der Waals surface area contributed by atoms with Crippen LogP contribution in [0.15, 0.2) is 47.4 Å². The molecule has 9 heteroatoms. The molecule has 6 nitrogen and oxygen atoms in total. The quantitative estimate of drug-likeness (QED) is 0.674. The number of hydrogen-bond donors (Lipinski definition) is 1. The Bertz CT molecular complexity index is 788. The molecular formula is C12H8Cl2N2O4S. The summed E-state index contributed by atoms with van der Waals surface area (Å²) in [6.45, 7) is 0. The van der Waals surface area contributed by atoms with Crippen LogP contribution in [0.25, 0.3) is 0 Å². The number of nitrogens with one attached hydrogen (secondary N) is 1. The van der Waals surface area contributed by atoms with Crippen LogP contribution in [0.4, 0.5) is 11.4 Å². The Hall–Kier alpha value is -1.83. The van der Waals surface area contributed by atoms with Crippen LogP contribution < -0.4 is 4.72 Å². The highest BCUT2D eigenvalue weighted by Gasteiger charge is 2.22. The molecule has 0 spiro atoms. The van der Waals surface area contributed by atoms with E-state index in [1.54, 1.807) is 0 Å². The van der Waals surface area contributed by atoms with Crippen molar-refractivity contribution < 1.29 is 13.3 Å². The number of halogens is 2. The van der Waals surface area contributed by atoms with Crippen LogP contribution in [-0.2, 0) is 10.0 Å². The van der Waals surface area contributed by atoms with Crippen LogP contribution in [0.2, 0.25) is 10.0 Å². The van der Waals surface area contributed by atoms with E-state index in [1.165, 1.54) is 36.4 Å². The Morgan fingerprint density at radius 3 is 2.19 bits per heavy atom. The second kappa shape index (κ2) is 5.88. The number of benzene rings is 2. The first kappa shape index (κ1) is 15.6. The molecule has 0 fully saturated rings. The van der Waals surface area contributed by atoms with E-state index in [0.29, 0.717) is 0 Å². The van der Waals surface area contributed by atoms with Crippen molar-refractivity contribution in [3.63, 3.8) is 0 Å². The highest BCUT2D eigenvalue weighted by atomic mass is 35.5. The van der Waals surface area contributed by atoms with Gasteiger partial charge in [-0.3, -0.25) is 14.8 Å². The van der Waals surface area contributed by atoms with Gasteiger partial charge in [-0.1, -0.05) is 35.3 Å². The lowest BCUT2D eigenvalue weighted by Crippen LogP contribution is -2.14. The molecule has 0 aliphatic rings. The summed E-state index contributed by atoms with van der Waals surface area (Å²) in [6.07, 6.45) is 0. The van der Waals surface area contributed by atoms with Crippen molar-refractivity contribution in [3.05, 3.63) is 62.6 Å². The third-order valence-electron chi connectivity index (χ3n) is 2.50. The maximum atomic E-state index is 12.3. The predicted molar refractivity (Wildman–Crippen MR) is 80.4 cm³/mol. The largest absolute Gasteiger partial charge is 0.279 e. The summed E-state index contributed by atoms with van der Waals surface area (Å²) < 4.78 is 26.8. The van der Waals surface area contributed by atoms with Gasteiger partial charge in [0.05, 0.1) is 20.7 Å². The van der Waals surface area contributed by atoms with E-state index in [2.05, 4.69) is 4.72 Å². The van der Waals surface area contributed by atoms with E-state index < -0.39 is 14.9 Å². The molecule has 0 amide bonds. The predicted octanol–water partition coefficient (Wildman–Crippen LogP) is 3.70. The summed E-state index contributed by atoms with van der Waals surface area (Å²) in [5.74, 6) is 0. The molecule has 2 rings (SSSR count). The summed E-state index contributed by atoms with van der Waals surface area (Å²) >= 11 is 11.7. The first-order chi connectivity index (χ1) is 9.81. The van der Waals surface area contributed by atoms with E-state index in [-0.39, 0.29) is 26.3 Å². The molecule has 0 aromatic heterocycles. The number of nitro groups is 1. The number of non-ortho nitro benzene ring substituents is 1. The average molecular weight is 347 g/mol. The number of nitro benzene ring substituents is 1. The lowest BCUT2D eigenvalue weighted by atomic mass is 10.3. The van der Waals surface area contributed by atoms with Gasteiger partial charge in [0, 0.05) is 12.1 Å². The van der Waals surface area contributed by atoms with Gasteiger partial charge >= 0.3 is 0 Å². The van der Waals surface area contributed by atoms with Gasteiger partial charge in [-0.2, -0.15) is 0 Å². The summed E-state index contributed by atoms with van der Waals surface area (Å²) in [4.78, 5) is 9.78. The number of anilines is 1. The standard InChI is InChI=1S/C12H8Cl2N2O4S/c13-10-5-2-6-11(14)12(10)21(19,20)15-8-3-1-4-9(7-8)16(17)18/h1-7,15H. The van der Waals surface area contributed by atoms with Gasteiger partial charge in [0.15, 0.2) is 0 Å². The SMILES string of the molecule is O=[N+]([O-])c1cccc(NS(=O)(=O)c2c(Cl)cccc2Cl)c1. The van der Waals surface area contributed by atoms with Gasteiger partial charge in [0.1, 0.15) is 4.90 Å². The Morgan fingerprint density at radius 2 is 1.62 bits per heavy atom. The monoisotopic (exact) mass is 346 g/mol. The van der Waals surface area contributed by atoms with Crippen LogP contribution in [-0.4, -0.2) is 13.3 Å². The van der Waals surface area contributed by atoms with Crippen LogP contribution in [0, 0.1) is 10.1 Å². The summed E-state index contributed by atoms with van der Waals surface area (Å²) in [5, 5.41) is 10.6. The van der Waals surface area contributed by atoms with E-state index in [9.17, 15) is 18.5 Å². The van der Waals surface area contributed by atoms with Crippen LogP contribution in [0.5, 0.6) is 0 Å². The van der Waals surface area contributed by atoms with Gasteiger partial charge in [0.2, 0.25) is 0 Å². The fraction of sp³-hybridized carbons (Fsp3) is 0. The highest BCUT2D eigenvalue weighted by molar-refractivity contribution is 7.93. The maximum absolute atomic E-state index is 12.3. The highest BCUT2D eigenvalue weighted by Crippen LogP contribution is 2.31.